The fourth-order valence-electron chi connectivity index (χ4n) is 3.75. The molecule has 2 aliphatic rings. The van der Waals surface area contributed by atoms with Crippen LogP contribution in [0, 0.1) is 0 Å². The number of hydrogen-bond acceptors (Lipinski definition) is 5. The average Bonchev–Trinajstić information content (AvgIpc) is 3.27. The van der Waals surface area contributed by atoms with E-state index in [1.54, 1.807) is 6.20 Å². The van der Waals surface area contributed by atoms with E-state index in [0.717, 1.165) is 50.4 Å². The number of nitrogens with zero attached hydrogens (tertiary/aromatic N) is 2. The van der Waals surface area contributed by atoms with Crippen molar-refractivity contribution < 1.29 is 14.3 Å². The Balaban J connectivity index is 1.35. The summed E-state index contributed by atoms with van der Waals surface area (Å²) in [5.41, 5.74) is 2.69. The molecule has 0 atom stereocenters. The van der Waals surface area contributed by atoms with Crippen LogP contribution >= 0.6 is 0 Å². The monoisotopic (exact) mass is 381 g/mol. The predicted octanol–water partition coefficient (Wildman–Crippen LogP) is 3.17. The maximum Gasteiger partial charge on any atom is 0.251 e. The first-order chi connectivity index (χ1) is 13.8. The third-order valence-electron chi connectivity index (χ3n) is 5.38. The minimum absolute atomic E-state index is 0.0933. The van der Waals surface area contributed by atoms with Crippen molar-refractivity contribution in [2.45, 2.75) is 38.3 Å². The standard InChI is InChI=1S/C22H27N3O3/c26-21(17-7-9-19(10-8-17)25-12-14-27-15-13-25)24-16-18-4-3-11-23-22(18)28-20-5-1-2-6-20/h3-4,7-11,20H,1-2,5-6,12-16H2,(H,24,26). The smallest absolute Gasteiger partial charge is 0.251 e. The molecule has 4 rings (SSSR count). The van der Waals surface area contributed by atoms with Crippen molar-refractivity contribution in [1.29, 1.82) is 0 Å². The average molecular weight is 381 g/mol. The van der Waals surface area contributed by atoms with Crippen LogP contribution in [-0.4, -0.2) is 43.3 Å². The van der Waals surface area contributed by atoms with Gasteiger partial charge in [0.05, 0.1) is 13.2 Å². The Morgan fingerprint density at radius 3 is 2.64 bits per heavy atom. The number of nitrogens with one attached hydrogen (secondary N) is 1. The first-order valence-electron chi connectivity index (χ1n) is 10.1. The molecule has 0 radical (unpaired) electrons. The fraction of sp³-hybridized carbons (Fsp3) is 0.455. The highest BCUT2D eigenvalue weighted by atomic mass is 16.5. The van der Waals surface area contributed by atoms with Crippen LogP contribution in [0.5, 0.6) is 5.88 Å². The van der Waals surface area contributed by atoms with Gasteiger partial charge in [0.2, 0.25) is 5.88 Å². The Morgan fingerprint density at radius 1 is 1.14 bits per heavy atom. The van der Waals surface area contributed by atoms with Crippen molar-refractivity contribution in [2.75, 3.05) is 31.2 Å². The molecule has 2 heterocycles. The molecule has 28 heavy (non-hydrogen) atoms. The van der Waals surface area contributed by atoms with Crippen LogP contribution < -0.4 is 15.0 Å². The Hall–Kier alpha value is -2.60. The molecule has 2 fully saturated rings. The van der Waals surface area contributed by atoms with Gasteiger partial charge in [0, 0.05) is 42.6 Å². The minimum atomic E-state index is -0.0933. The molecule has 0 spiro atoms. The van der Waals surface area contributed by atoms with E-state index in [1.807, 2.05) is 36.4 Å². The zero-order valence-corrected chi connectivity index (χ0v) is 16.1. The van der Waals surface area contributed by atoms with Crippen molar-refractivity contribution in [1.82, 2.24) is 10.3 Å². The molecule has 0 bridgehead atoms. The highest BCUT2D eigenvalue weighted by Crippen LogP contribution is 2.25. The van der Waals surface area contributed by atoms with Crippen molar-refractivity contribution >= 4 is 11.6 Å². The van der Waals surface area contributed by atoms with Gasteiger partial charge < -0.3 is 19.7 Å². The topological polar surface area (TPSA) is 63.7 Å². The lowest BCUT2D eigenvalue weighted by atomic mass is 10.1. The molecule has 6 heteroatoms. The number of morpholine rings is 1. The summed E-state index contributed by atoms with van der Waals surface area (Å²) in [5, 5.41) is 2.99. The lowest BCUT2D eigenvalue weighted by Crippen LogP contribution is -2.36. The van der Waals surface area contributed by atoms with Crippen LogP contribution in [0.15, 0.2) is 42.6 Å². The first kappa shape index (κ1) is 18.7. The van der Waals surface area contributed by atoms with Crippen LogP contribution in [0.3, 0.4) is 0 Å². The van der Waals surface area contributed by atoms with E-state index < -0.39 is 0 Å². The highest BCUT2D eigenvalue weighted by Gasteiger charge is 2.19. The number of carbonyl (C=O) groups excluding carboxylic acids is 1. The zero-order chi connectivity index (χ0) is 19.2. The van der Waals surface area contributed by atoms with Gasteiger partial charge in [0.25, 0.3) is 5.91 Å². The van der Waals surface area contributed by atoms with E-state index in [0.29, 0.717) is 18.0 Å². The number of aromatic nitrogens is 1. The molecule has 1 aliphatic carbocycles. The number of hydrogen-bond donors (Lipinski definition) is 1. The lowest BCUT2D eigenvalue weighted by Gasteiger charge is -2.28. The van der Waals surface area contributed by atoms with Gasteiger partial charge in [-0.2, -0.15) is 0 Å². The summed E-state index contributed by atoms with van der Waals surface area (Å²) < 4.78 is 11.4. The lowest BCUT2D eigenvalue weighted by molar-refractivity contribution is 0.0950. The van der Waals surface area contributed by atoms with E-state index in [2.05, 4.69) is 15.2 Å². The van der Waals surface area contributed by atoms with Gasteiger partial charge in [-0.15, -0.1) is 0 Å². The number of rotatable bonds is 6. The third-order valence-corrected chi connectivity index (χ3v) is 5.38. The number of pyridine rings is 1. The Labute approximate surface area is 165 Å². The molecule has 1 aliphatic heterocycles. The predicted molar refractivity (Wildman–Crippen MR) is 108 cm³/mol. The minimum Gasteiger partial charge on any atom is -0.474 e. The molecule has 1 aromatic carbocycles. The molecule has 1 saturated heterocycles. The second-order valence-corrected chi connectivity index (χ2v) is 7.32. The summed E-state index contributed by atoms with van der Waals surface area (Å²) in [7, 11) is 0. The molecule has 0 unspecified atom stereocenters. The molecule has 1 amide bonds. The SMILES string of the molecule is O=C(NCc1cccnc1OC1CCCC1)c1ccc(N2CCOCC2)cc1. The highest BCUT2D eigenvalue weighted by molar-refractivity contribution is 5.94. The third kappa shape index (κ3) is 4.62. The van der Waals surface area contributed by atoms with Crippen molar-refractivity contribution in [2.24, 2.45) is 0 Å². The van der Waals surface area contributed by atoms with Crippen molar-refractivity contribution in [3.05, 3.63) is 53.7 Å². The quantitative estimate of drug-likeness (QED) is 0.833. The molecule has 1 saturated carbocycles. The Kier molecular flexibility index (Phi) is 6.07. The Morgan fingerprint density at radius 2 is 1.89 bits per heavy atom. The van der Waals surface area contributed by atoms with Gasteiger partial charge in [-0.25, -0.2) is 4.98 Å². The van der Waals surface area contributed by atoms with Gasteiger partial charge >= 0.3 is 0 Å². The number of carbonyl (C=O) groups is 1. The summed E-state index contributed by atoms with van der Waals surface area (Å²) in [6, 6.07) is 11.6. The van der Waals surface area contributed by atoms with Crippen LogP contribution in [0.4, 0.5) is 5.69 Å². The molecule has 1 aromatic heterocycles. The molecule has 2 aromatic rings. The van der Waals surface area contributed by atoms with Gasteiger partial charge in [-0.05, 0) is 56.0 Å². The summed E-state index contributed by atoms with van der Waals surface area (Å²) in [6.45, 7) is 3.67. The molecule has 148 valence electrons. The van der Waals surface area contributed by atoms with E-state index in [1.165, 1.54) is 12.8 Å². The normalized spacial score (nSPS) is 17.5. The van der Waals surface area contributed by atoms with Crippen LogP contribution in [0.2, 0.25) is 0 Å². The van der Waals surface area contributed by atoms with Gasteiger partial charge in [0.1, 0.15) is 6.10 Å². The van der Waals surface area contributed by atoms with Gasteiger partial charge in [0.15, 0.2) is 0 Å². The molecular weight excluding hydrogens is 354 g/mol. The van der Waals surface area contributed by atoms with Crippen molar-refractivity contribution in [3.63, 3.8) is 0 Å². The van der Waals surface area contributed by atoms with E-state index in [-0.39, 0.29) is 12.0 Å². The summed E-state index contributed by atoms with van der Waals surface area (Å²) in [6.07, 6.45) is 6.57. The zero-order valence-electron chi connectivity index (χ0n) is 16.1. The largest absolute Gasteiger partial charge is 0.474 e. The Bertz CT molecular complexity index is 782. The summed E-state index contributed by atoms with van der Waals surface area (Å²) in [5.74, 6) is 0.543. The molecule has 6 nitrogen and oxygen atoms in total. The van der Waals surface area contributed by atoms with E-state index in [9.17, 15) is 4.79 Å². The molecule has 1 N–H and O–H groups in total. The summed E-state index contributed by atoms with van der Waals surface area (Å²) >= 11 is 0. The van der Waals surface area contributed by atoms with Gasteiger partial charge in [-0.1, -0.05) is 6.07 Å². The van der Waals surface area contributed by atoms with Gasteiger partial charge in [-0.3, -0.25) is 4.79 Å². The first-order valence-corrected chi connectivity index (χ1v) is 10.1. The maximum atomic E-state index is 12.6. The second kappa shape index (κ2) is 9.06. The van der Waals surface area contributed by atoms with Crippen molar-refractivity contribution in [3.8, 4) is 5.88 Å². The van der Waals surface area contributed by atoms with E-state index >= 15 is 0 Å². The maximum absolute atomic E-state index is 12.6. The van der Waals surface area contributed by atoms with Crippen LogP contribution in [-0.2, 0) is 11.3 Å². The molecular formula is C22H27N3O3. The number of benzene rings is 1. The summed E-state index contributed by atoms with van der Waals surface area (Å²) in [4.78, 5) is 19.2. The van der Waals surface area contributed by atoms with E-state index in [4.69, 9.17) is 9.47 Å². The number of amides is 1. The fourth-order valence-corrected chi connectivity index (χ4v) is 3.75. The number of ether oxygens (including phenoxy) is 2. The second-order valence-electron chi connectivity index (χ2n) is 7.32. The van der Waals surface area contributed by atoms with Crippen LogP contribution in [0.25, 0.3) is 0 Å². The van der Waals surface area contributed by atoms with Crippen LogP contribution in [0.1, 0.15) is 41.6 Å². The number of anilines is 1.